The van der Waals surface area contributed by atoms with E-state index in [2.05, 4.69) is 4.72 Å². The molecule has 172 valence electrons. The average Bonchev–Trinajstić information content (AvgIpc) is 2.65. The Morgan fingerprint density at radius 3 is 2.06 bits per heavy atom. The second-order valence-electron chi connectivity index (χ2n) is 6.94. The van der Waals surface area contributed by atoms with Gasteiger partial charge in [-0.1, -0.05) is 17.7 Å². The number of nitrogens with one attached hydrogen (secondary N) is 1. The van der Waals surface area contributed by atoms with Gasteiger partial charge >= 0.3 is 17.9 Å². The van der Waals surface area contributed by atoms with Crippen molar-refractivity contribution >= 4 is 27.9 Å². The maximum atomic E-state index is 14.9. The number of halogens is 1. The van der Waals surface area contributed by atoms with Crippen molar-refractivity contribution in [3.8, 4) is 0 Å². The first-order chi connectivity index (χ1) is 14.4. The lowest BCUT2D eigenvalue weighted by Crippen LogP contribution is -2.65. The van der Waals surface area contributed by atoms with Crippen molar-refractivity contribution in [3.05, 3.63) is 29.8 Å². The van der Waals surface area contributed by atoms with Crippen molar-refractivity contribution in [2.24, 2.45) is 0 Å². The fourth-order valence-corrected chi connectivity index (χ4v) is 4.21. The number of hydrogen-bond donors (Lipinski definition) is 1. The van der Waals surface area contributed by atoms with Crippen LogP contribution < -0.4 is 4.72 Å². The van der Waals surface area contributed by atoms with E-state index in [0.29, 0.717) is 0 Å². The molecule has 2 rings (SSSR count). The number of esters is 3. The number of aryl methyl sites for hydroxylation is 1. The maximum Gasteiger partial charge on any atom is 0.303 e. The summed E-state index contributed by atoms with van der Waals surface area (Å²) < 4.78 is 62.8. The molecule has 1 aromatic rings. The Morgan fingerprint density at radius 1 is 1.00 bits per heavy atom. The molecule has 10 nitrogen and oxygen atoms in total. The smallest absolute Gasteiger partial charge is 0.303 e. The van der Waals surface area contributed by atoms with E-state index in [-0.39, 0.29) is 4.90 Å². The third-order valence-corrected chi connectivity index (χ3v) is 5.78. The van der Waals surface area contributed by atoms with Crippen LogP contribution in [0, 0.1) is 6.92 Å². The largest absolute Gasteiger partial charge is 0.463 e. The maximum absolute atomic E-state index is 14.9. The number of ether oxygens (including phenoxy) is 4. The van der Waals surface area contributed by atoms with Crippen LogP contribution in [0.4, 0.5) is 4.39 Å². The highest BCUT2D eigenvalue weighted by molar-refractivity contribution is 7.89. The van der Waals surface area contributed by atoms with Gasteiger partial charge in [-0.15, -0.1) is 0 Å². The molecule has 1 aromatic carbocycles. The summed E-state index contributed by atoms with van der Waals surface area (Å²) in [6.45, 7) is 4.45. The fourth-order valence-electron chi connectivity index (χ4n) is 2.98. The molecule has 5 atom stereocenters. The van der Waals surface area contributed by atoms with Gasteiger partial charge in [0.25, 0.3) is 0 Å². The number of benzene rings is 1. The first kappa shape index (κ1) is 24.7. The molecule has 0 bridgehead atoms. The Labute approximate surface area is 179 Å². The van der Waals surface area contributed by atoms with Crippen LogP contribution in [0.3, 0.4) is 0 Å². The number of hydrogen-bond acceptors (Lipinski definition) is 9. The van der Waals surface area contributed by atoms with Crippen LogP contribution in [-0.4, -0.2) is 63.6 Å². The van der Waals surface area contributed by atoms with Crippen LogP contribution in [0.25, 0.3) is 0 Å². The van der Waals surface area contributed by atoms with Gasteiger partial charge in [-0.2, -0.15) is 4.72 Å². The van der Waals surface area contributed by atoms with Gasteiger partial charge in [0.05, 0.1) is 4.90 Å². The van der Waals surface area contributed by atoms with Crippen molar-refractivity contribution in [1.29, 1.82) is 0 Å². The highest BCUT2D eigenvalue weighted by Crippen LogP contribution is 2.29. The minimum atomic E-state index is -4.26. The topological polar surface area (TPSA) is 134 Å². The van der Waals surface area contributed by atoms with Gasteiger partial charge < -0.3 is 18.9 Å². The second-order valence-corrected chi connectivity index (χ2v) is 8.65. The molecule has 12 heteroatoms. The summed E-state index contributed by atoms with van der Waals surface area (Å²) in [5.74, 6) is -2.40. The third-order valence-electron chi connectivity index (χ3n) is 4.31. The Morgan fingerprint density at radius 2 is 1.55 bits per heavy atom. The normalized spacial score (nSPS) is 26.0. The Hall–Kier alpha value is -2.57. The zero-order chi connectivity index (χ0) is 23.3. The first-order valence-electron chi connectivity index (χ1n) is 9.27. The monoisotopic (exact) mass is 461 g/mol. The fraction of sp³-hybridized carbons (Fsp3) is 0.526. The van der Waals surface area contributed by atoms with Gasteiger partial charge in [-0.05, 0) is 19.1 Å². The summed E-state index contributed by atoms with van der Waals surface area (Å²) in [4.78, 5) is 34.2. The lowest BCUT2D eigenvalue weighted by molar-refractivity contribution is -0.243. The Balaban J connectivity index is 2.39. The summed E-state index contributed by atoms with van der Waals surface area (Å²) in [5.41, 5.74) is 0.810. The molecule has 0 aliphatic carbocycles. The van der Waals surface area contributed by atoms with E-state index in [1.165, 1.54) is 12.1 Å². The second kappa shape index (κ2) is 10.2. The summed E-state index contributed by atoms with van der Waals surface area (Å²) >= 11 is 0. The molecule has 1 aliphatic rings. The predicted octanol–water partition coefficient (Wildman–Crippen LogP) is 0.763. The van der Waals surface area contributed by atoms with Crippen molar-refractivity contribution < 1.29 is 46.1 Å². The van der Waals surface area contributed by atoms with E-state index in [9.17, 15) is 27.2 Å². The lowest BCUT2D eigenvalue weighted by Gasteiger charge is -2.42. The summed E-state index contributed by atoms with van der Waals surface area (Å²) in [7, 11) is -4.26. The van der Waals surface area contributed by atoms with Gasteiger partial charge in [0.2, 0.25) is 16.4 Å². The molecule has 1 saturated heterocycles. The third kappa shape index (κ3) is 6.71. The molecule has 1 fully saturated rings. The number of carbonyl (C=O) groups is 3. The van der Waals surface area contributed by atoms with Crippen molar-refractivity contribution in [1.82, 2.24) is 4.72 Å². The van der Waals surface area contributed by atoms with Gasteiger partial charge in [0.1, 0.15) is 18.8 Å². The predicted molar refractivity (Wildman–Crippen MR) is 103 cm³/mol. The van der Waals surface area contributed by atoms with Crippen LogP contribution in [0.5, 0.6) is 0 Å². The molecular weight excluding hydrogens is 437 g/mol. The average molecular weight is 461 g/mol. The molecule has 0 spiro atoms. The van der Waals surface area contributed by atoms with Crippen LogP contribution in [0.2, 0.25) is 0 Å². The summed E-state index contributed by atoms with van der Waals surface area (Å²) in [5, 5.41) is 0. The first-order valence-corrected chi connectivity index (χ1v) is 10.8. The number of alkyl halides is 1. The lowest BCUT2D eigenvalue weighted by atomic mass is 9.97. The van der Waals surface area contributed by atoms with Gasteiger partial charge in [0, 0.05) is 20.8 Å². The highest BCUT2D eigenvalue weighted by Gasteiger charge is 2.52. The molecule has 31 heavy (non-hydrogen) atoms. The van der Waals surface area contributed by atoms with E-state index in [1.807, 2.05) is 0 Å². The van der Waals surface area contributed by atoms with Crippen molar-refractivity contribution in [3.63, 3.8) is 0 Å². The van der Waals surface area contributed by atoms with Crippen molar-refractivity contribution in [2.75, 3.05) is 6.61 Å². The number of rotatable bonds is 7. The van der Waals surface area contributed by atoms with E-state index in [4.69, 9.17) is 18.9 Å². The van der Waals surface area contributed by atoms with Crippen LogP contribution in [0.15, 0.2) is 29.2 Å². The minimum absolute atomic E-state index is 0.155. The minimum Gasteiger partial charge on any atom is -0.463 e. The molecule has 0 aromatic heterocycles. The van der Waals surface area contributed by atoms with Crippen LogP contribution in [-0.2, 0) is 43.4 Å². The number of sulfonamides is 1. The zero-order valence-corrected chi connectivity index (χ0v) is 18.2. The molecule has 1 aliphatic heterocycles. The van der Waals surface area contributed by atoms with E-state index in [0.717, 1.165) is 26.3 Å². The van der Waals surface area contributed by atoms with Gasteiger partial charge in [-0.3, -0.25) is 14.4 Å². The summed E-state index contributed by atoms with van der Waals surface area (Å²) in [6.07, 6.45) is -6.69. The van der Waals surface area contributed by atoms with E-state index >= 15 is 0 Å². The highest BCUT2D eigenvalue weighted by atomic mass is 32.2. The zero-order valence-electron chi connectivity index (χ0n) is 17.4. The van der Waals surface area contributed by atoms with Crippen LogP contribution in [0.1, 0.15) is 26.3 Å². The van der Waals surface area contributed by atoms with E-state index < -0.39 is 65.2 Å². The standard InChI is InChI=1S/C19H24FNO9S/c1-10-5-7-14(8-6-10)31(25,26)21-16-18(29-13(4)24)17(28-12(3)23)15(30-19(16)20)9-27-11(2)22/h5-8,15-19,21H,9H2,1-4H3/t15-,16-,17-,18-,19-/m1/s1. The van der Waals surface area contributed by atoms with Crippen LogP contribution >= 0.6 is 0 Å². The van der Waals surface area contributed by atoms with Crippen molar-refractivity contribution in [2.45, 2.75) is 63.3 Å². The molecule has 0 amide bonds. The Kier molecular flexibility index (Phi) is 8.09. The number of carbonyl (C=O) groups excluding carboxylic acids is 3. The molecule has 1 heterocycles. The van der Waals surface area contributed by atoms with Gasteiger partial charge in [-0.25, -0.2) is 12.8 Å². The quantitative estimate of drug-likeness (QED) is 0.461. The molecule has 0 saturated carbocycles. The SMILES string of the molecule is CC(=O)OC[C@H]1O[C@@H](F)[C@H](NS(=O)(=O)c2ccc(C)cc2)[C@@H](OC(C)=O)[C@@H]1OC(C)=O. The molecule has 1 N–H and O–H groups in total. The molecule has 0 unspecified atom stereocenters. The molecule has 0 radical (unpaired) electrons. The Bertz CT molecular complexity index is 919. The summed E-state index contributed by atoms with van der Waals surface area (Å²) in [6, 6.07) is 4.01. The van der Waals surface area contributed by atoms with E-state index in [1.54, 1.807) is 19.1 Å². The van der Waals surface area contributed by atoms with Gasteiger partial charge in [0.15, 0.2) is 12.2 Å². The molecular formula is C19H24FNO9S.